The Morgan fingerprint density at radius 3 is 2.64 bits per heavy atom. The normalized spacial score (nSPS) is 22.2. The highest BCUT2D eigenvalue weighted by molar-refractivity contribution is 5.74. The number of carbonyl (C=O) groups is 1. The van der Waals surface area contributed by atoms with E-state index in [4.69, 9.17) is 0 Å². The van der Waals surface area contributed by atoms with Crippen LogP contribution in [0.15, 0.2) is 24.3 Å². The van der Waals surface area contributed by atoms with E-state index in [0.717, 1.165) is 12.3 Å². The van der Waals surface area contributed by atoms with E-state index in [2.05, 4.69) is 48.3 Å². The van der Waals surface area contributed by atoms with Crippen LogP contribution in [0.3, 0.4) is 0 Å². The fourth-order valence-corrected chi connectivity index (χ4v) is 4.42. The van der Waals surface area contributed by atoms with E-state index in [-0.39, 0.29) is 18.9 Å². The van der Waals surface area contributed by atoms with Gasteiger partial charge in [0, 0.05) is 20.9 Å². The Labute approximate surface area is 154 Å². The molecule has 4 nitrogen and oxygen atoms in total. The molecule has 2 aliphatic rings. The molecule has 0 radical (unpaired) electrons. The largest absolute Gasteiger partial charge is 0.331 e. The zero-order valence-electron chi connectivity index (χ0n) is 16.2. The van der Waals surface area contributed by atoms with Gasteiger partial charge in [-0.25, -0.2) is 4.79 Å². The first-order valence-electron chi connectivity index (χ1n) is 9.71. The molecule has 1 N–H and O–H groups in total. The monoisotopic (exact) mass is 345 g/mol. The quantitative estimate of drug-likeness (QED) is 0.894. The average molecular weight is 346 g/mol. The van der Waals surface area contributed by atoms with Gasteiger partial charge in [0.2, 0.25) is 0 Å². The van der Waals surface area contributed by atoms with Crippen LogP contribution in [0.4, 0.5) is 4.79 Å². The minimum Gasteiger partial charge on any atom is -0.331 e. The maximum Gasteiger partial charge on any atom is 0.317 e. The van der Waals surface area contributed by atoms with E-state index in [9.17, 15) is 4.79 Å². The molecule has 0 unspecified atom stereocenters. The van der Waals surface area contributed by atoms with E-state index >= 15 is 0 Å². The number of nitrogens with zero attached hydrogens (tertiary/aromatic N) is 2. The van der Waals surface area contributed by atoms with Crippen LogP contribution in [0.25, 0.3) is 0 Å². The van der Waals surface area contributed by atoms with Crippen LogP contribution in [-0.2, 0) is 5.41 Å². The molecule has 1 saturated heterocycles. The third-order valence-electron chi connectivity index (χ3n) is 6.04. The number of hydrogen-bond acceptors (Lipinski definition) is 2. The second-order valence-corrected chi connectivity index (χ2v) is 8.49. The highest BCUT2D eigenvalue weighted by Crippen LogP contribution is 2.50. The van der Waals surface area contributed by atoms with Crippen molar-refractivity contribution in [2.45, 2.75) is 51.0 Å². The fraction of sp³-hybridized carbons (Fsp3) is 0.667. The van der Waals surface area contributed by atoms with Crippen LogP contribution in [0.5, 0.6) is 0 Å². The van der Waals surface area contributed by atoms with Gasteiger partial charge in [0.05, 0.1) is 6.04 Å². The molecule has 1 aromatic carbocycles. The van der Waals surface area contributed by atoms with E-state index in [1.807, 2.05) is 0 Å². The summed E-state index contributed by atoms with van der Waals surface area (Å²) >= 11 is 0. The van der Waals surface area contributed by atoms with Gasteiger partial charge < -0.3 is 15.1 Å². The molecule has 2 amide bonds. The van der Waals surface area contributed by atoms with Crippen molar-refractivity contribution >= 4 is 6.03 Å². The number of urea groups is 1. The Morgan fingerprint density at radius 1 is 1.32 bits per heavy atom. The molecule has 1 heterocycles. The molecule has 1 spiro atoms. The first kappa shape index (κ1) is 18.2. The number of benzene rings is 1. The molecular formula is C21H35N3O. The lowest BCUT2D eigenvalue weighted by atomic mass is 9.73. The highest BCUT2D eigenvalue weighted by Gasteiger charge is 2.45. The molecule has 1 fully saturated rings. The summed E-state index contributed by atoms with van der Waals surface area (Å²) in [6.45, 7) is 8.17. The van der Waals surface area contributed by atoms with Crippen molar-refractivity contribution in [3.05, 3.63) is 35.4 Å². The first-order chi connectivity index (χ1) is 11.9. The van der Waals surface area contributed by atoms with Crippen LogP contribution in [0.1, 0.15) is 58.1 Å². The standard InChI is InChI=1S/C21H33N3O.H2/c1-16(2)9-12-24-13-10-21(11-14-24)15-19(22-20(25)23(3)4)17-7-5-6-8-18(17)21;/h5-8,16,19H,9-15H2,1-4H3,(H,22,25);1H/t19-;/m0./s1. The summed E-state index contributed by atoms with van der Waals surface area (Å²) in [5, 5.41) is 3.23. The predicted molar refractivity (Wildman–Crippen MR) is 105 cm³/mol. The molecule has 4 heteroatoms. The molecule has 0 bridgehead atoms. The second kappa shape index (κ2) is 7.36. The van der Waals surface area contributed by atoms with Gasteiger partial charge in [0.1, 0.15) is 0 Å². The Kier molecular flexibility index (Phi) is 5.38. The zero-order valence-corrected chi connectivity index (χ0v) is 16.2. The number of likely N-dealkylation sites (tertiary alicyclic amines) is 1. The number of carbonyl (C=O) groups excluding carboxylic acids is 1. The van der Waals surface area contributed by atoms with Crippen molar-refractivity contribution < 1.29 is 6.22 Å². The van der Waals surface area contributed by atoms with Gasteiger partial charge in [-0.05, 0) is 62.4 Å². The van der Waals surface area contributed by atoms with Crippen molar-refractivity contribution in [3.63, 3.8) is 0 Å². The molecule has 1 aliphatic heterocycles. The van der Waals surface area contributed by atoms with Gasteiger partial charge in [0.25, 0.3) is 0 Å². The zero-order chi connectivity index (χ0) is 18.0. The minimum atomic E-state index is 0. The molecule has 1 aliphatic carbocycles. The van der Waals surface area contributed by atoms with Gasteiger partial charge in [-0.15, -0.1) is 0 Å². The van der Waals surface area contributed by atoms with Crippen LogP contribution >= 0.6 is 0 Å². The SMILES string of the molecule is CC(C)CCN1CCC2(CC1)C[C@H](NC(=O)N(C)C)c1ccccc12.[HH]. The molecular weight excluding hydrogens is 310 g/mol. The lowest BCUT2D eigenvalue weighted by Crippen LogP contribution is -2.43. The Morgan fingerprint density at radius 2 is 2.00 bits per heavy atom. The predicted octanol–water partition coefficient (Wildman–Crippen LogP) is 4.03. The van der Waals surface area contributed by atoms with Crippen molar-refractivity contribution in [1.29, 1.82) is 0 Å². The molecule has 1 aromatic rings. The fourth-order valence-electron chi connectivity index (χ4n) is 4.42. The van der Waals surface area contributed by atoms with Crippen molar-refractivity contribution in [1.82, 2.24) is 15.1 Å². The summed E-state index contributed by atoms with van der Waals surface area (Å²) in [4.78, 5) is 16.4. The van der Waals surface area contributed by atoms with Crippen LogP contribution in [-0.4, -0.2) is 49.6 Å². The topological polar surface area (TPSA) is 35.6 Å². The summed E-state index contributed by atoms with van der Waals surface area (Å²) < 4.78 is 0. The van der Waals surface area contributed by atoms with Gasteiger partial charge in [0.15, 0.2) is 0 Å². The summed E-state index contributed by atoms with van der Waals surface area (Å²) in [6.07, 6.45) is 4.74. The van der Waals surface area contributed by atoms with Crippen LogP contribution in [0, 0.1) is 5.92 Å². The lowest BCUT2D eigenvalue weighted by Gasteiger charge is -2.40. The maximum atomic E-state index is 12.2. The van der Waals surface area contributed by atoms with Crippen molar-refractivity contribution in [2.24, 2.45) is 5.92 Å². The van der Waals surface area contributed by atoms with Crippen LogP contribution < -0.4 is 5.32 Å². The van der Waals surface area contributed by atoms with E-state index in [1.54, 1.807) is 19.0 Å². The molecule has 0 aromatic heterocycles. The van der Waals surface area contributed by atoms with Gasteiger partial charge in [-0.2, -0.15) is 0 Å². The van der Waals surface area contributed by atoms with Gasteiger partial charge in [-0.3, -0.25) is 0 Å². The lowest BCUT2D eigenvalue weighted by molar-refractivity contribution is 0.146. The summed E-state index contributed by atoms with van der Waals surface area (Å²) in [5.41, 5.74) is 3.05. The smallest absolute Gasteiger partial charge is 0.317 e. The molecule has 0 saturated carbocycles. The number of fused-ring (bicyclic) bond motifs is 2. The highest BCUT2D eigenvalue weighted by atomic mass is 16.2. The number of rotatable bonds is 4. The Hall–Kier alpha value is -1.55. The molecule has 3 rings (SSSR count). The van der Waals surface area contributed by atoms with Crippen LogP contribution in [0.2, 0.25) is 0 Å². The van der Waals surface area contributed by atoms with Crippen molar-refractivity contribution in [2.75, 3.05) is 33.7 Å². The van der Waals surface area contributed by atoms with Gasteiger partial charge in [-0.1, -0.05) is 38.1 Å². The molecule has 25 heavy (non-hydrogen) atoms. The maximum absolute atomic E-state index is 12.2. The number of hydrogen-bond donors (Lipinski definition) is 1. The Bertz CT molecular complexity index is 609. The number of piperidine rings is 1. The molecule has 1 atom stereocenters. The van der Waals surface area contributed by atoms with Gasteiger partial charge >= 0.3 is 6.03 Å². The summed E-state index contributed by atoms with van der Waals surface area (Å²) in [7, 11) is 3.61. The van der Waals surface area contributed by atoms with Crippen molar-refractivity contribution in [3.8, 4) is 0 Å². The van der Waals surface area contributed by atoms with E-state index < -0.39 is 0 Å². The second-order valence-electron chi connectivity index (χ2n) is 8.49. The number of amides is 2. The average Bonchev–Trinajstić information content (AvgIpc) is 2.88. The third kappa shape index (κ3) is 3.84. The first-order valence-corrected chi connectivity index (χ1v) is 9.71. The Balaban J connectivity index is 0.00000243. The third-order valence-corrected chi connectivity index (χ3v) is 6.04. The minimum absolute atomic E-state index is 0. The van der Waals surface area contributed by atoms with E-state index in [0.29, 0.717) is 0 Å². The summed E-state index contributed by atoms with van der Waals surface area (Å²) in [5.74, 6) is 0.772. The number of nitrogens with one attached hydrogen (secondary N) is 1. The molecule has 140 valence electrons. The summed E-state index contributed by atoms with van der Waals surface area (Å²) in [6, 6.07) is 8.91. The van der Waals surface area contributed by atoms with E-state index in [1.165, 1.54) is 50.0 Å².